The van der Waals surface area contributed by atoms with Crippen LogP contribution in [0.4, 0.5) is 10.1 Å². The van der Waals surface area contributed by atoms with Crippen molar-refractivity contribution in [2.45, 2.75) is 19.4 Å². The van der Waals surface area contributed by atoms with E-state index in [2.05, 4.69) is 5.32 Å². The van der Waals surface area contributed by atoms with Crippen molar-refractivity contribution >= 4 is 11.6 Å². The van der Waals surface area contributed by atoms with E-state index in [0.29, 0.717) is 6.54 Å². The molecule has 0 bridgehead atoms. The van der Waals surface area contributed by atoms with E-state index in [9.17, 15) is 9.18 Å². The lowest BCUT2D eigenvalue weighted by Crippen LogP contribution is -2.34. The van der Waals surface area contributed by atoms with Crippen LogP contribution in [0.1, 0.15) is 13.3 Å². The van der Waals surface area contributed by atoms with Crippen molar-refractivity contribution in [2.24, 2.45) is 0 Å². The van der Waals surface area contributed by atoms with Gasteiger partial charge in [-0.1, -0.05) is 12.1 Å². The molecule has 2 N–H and O–H groups in total. The van der Waals surface area contributed by atoms with Crippen molar-refractivity contribution in [1.29, 1.82) is 0 Å². The number of hydrogen-bond acceptors (Lipinski definition) is 3. The van der Waals surface area contributed by atoms with Crippen LogP contribution in [-0.4, -0.2) is 42.2 Å². The smallest absolute Gasteiger partial charge is 0.225 e. The molecule has 4 nitrogen and oxygen atoms in total. The number of carbonyl (C=O) groups is 1. The highest BCUT2D eigenvalue weighted by atomic mass is 19.1. The zero-order chi connectivity index (χ0) is 13.5. The molecule has 0 fully saturated rings. The number of nitrogens with zero attached hydrogens (tertiary/aromatic N) is 1. The number of nitrogens with one attached hydrogen (secondary N) is 1. The van der Waals surface area contributed by atoms with Crippen LogP contribution >= 0.6 is 0 Å². The first-order chi connectivity index (χ1) is 8.54. The van der Waals surface area contributed by atoms with E-state index in [1.54, 1.807) is 12.1 Å². The molecule has 0 aliphatic heterocycles. The van der Waals surface area contributed by atoms with Gasteiger partial charge in [-0.3, -0.25) is 4.79 Å². The predicted molar refractivity (Wildman–Crippen MR) is 68.8 cm³/mol. The molecular weight excluding hydrogens is 235 g/mol. The minimum Gasteiger partial charge on any atom is -0.395 e. The second-order valence-corrected chi connectivity index (χ2v) is 4.29. The molecule has 5 heteroatoms. The fourth-order valence-corrected chi connectivity index (χ4v) is 1.41. The van der Waals surface area contributed by atoms with Gasteiger partial charge in [0.05, 0.1) is 12.3 Å². The molecule has 0 spiro atoms. The van der Waals surface area contributed by atoms with Gasteiger partial charge in [0, 0.05) is 19.0 Å². The van der Waals surface area contributed by atoms with Crippen molar-refractivity contribution in [2.75, 3.05) is 25.5 Å². The summed E-state index contributed by atoms with van der Waals surface area (Å²) in [5.74, 6) is -0.681. The monoisotopic (exact) mass is 254 g/mol. The van der Waals surface area contributed by atoms with Crippen LogP contribution in [0.3, 0.4) is 0 Å². The Labute approximate surface area is 106 Å². The first kappa shape index (κ1) is 14.6. The van der Waals surface area contributed by atoms with Crippen LogP contribution in [0.25, 0.3) is 0 Å². The Bertz CT molecular complexity index is 398. The Morgan fingerprint density at radius 2 is 2.17 bits per heavy atom. The Kier molecular flexibility index (Phi) is 5.74. The number of hydrogen-bond donors (Lipinski definition) is 2. The van der Waals surface area contributed by atoms with Crippen LogP contribution in [0.5, 0.6) is 0 Å². The van der Waals surface area contributed by atoms with Gasteiger partial charge >= 0.3 is 0 Å². The van der Waals surface area contributed by atoms with Crippen molar-refractivity contribution in [3.8, 4) is 0 Å². The number of anilines is 1. The standard InChI is InChI=1S/C13H19FN2O2/c1-10(9-17)16(2)8-7-13(18)15-12-6-4-3-5-11(12)14/h3-6,10,17H,7-9H2,1-2H3,(H,15,18). The topological polar surface area (TPSA) is 52.6 Å². The number of benzene rings is 1. The van der Waals surface area contributed by atoms with E-state index in [-0.39, 0.29) is 30.7 Å². The van der Waals surface area contributed by atoms with Crippen LogP contribution < -0.4 is 5.32 Å². The Balaban J connectivity index is 2.41. The Hall–Kier alpha value is -1.46. The quantitative estimate of drug-likeness (QED) is 0.808. The molecule has 1 aromatic carbocycles. The summed E-state index contributed by atoms with van der Waals surface area (Å²) >= 11 is 0. The number of halogens is 1. The molecule has 100 valence electrons. The summed E-state index contributed by atoms with van der Waals surface area (Å²) < 4.78 is 13.3. The molecular formula is C13H19FN2O2. The number of carbonyl (C=O) groups excluding carboxylic acids is 1. The van der Waals surface area contributed by atoms with E-state index in [1.165, 1.54) is 12.1 Å². The van der Waals surface area contributed by atoms with E-state index in [0.717, 1.165) is 0 Å². The number of amides is 1. The van der Waals surface area contributed by atoms with E-state index in [1.807, 2.05) is 18.9 Å². The van der Waals surface area contributed by atoms with Gasteiger partial charge in [0.25, 0.3) is 0 Å². The summed E-state index contributed by atoms with van der Waals surface area (Å²) in [6.07, 6.45) is 0.259. The molecule has 1 amide bonds. The third kappa shape index (κ3) is 4.43. The molecule has 0 heterocycles. The SMILES string of the molecule is CC(CO)N(C)CCC(=O)Nc1ccccc1F. The second kappa shape index (κ2) is 7.08. The molecule has 1 rings (SSSR count). The number of rotatable bonds is 6. The lowest BCUT2D eigenvalue weighted by molar-refractivity contribution is -0.116. The van der Waals surface area contributed by atoms with Crippen LogP contribution in [0, 0.1) is 5.82 Å². The summed E-state index contributed by atoms with van der Waals surface area (Å²) in [6.45, 7) is 2.43. The molecule has 0 aliphatic rings. The number of para-hydroxylation sites is 1. The van der Waals surface area contributed by atoms with Gasteiger partial charge in [0.15, 0.2) is 0 Å². The first-order valence-electron chi connectivity index (χ1n) is 5.90. The van der Waals surface area contributed by atoms with Gasteiger partial charge < -0.3 is 15.3 Å². The van der Waals surface area contributed by atoms with Gasteiger partial charge in [0.2, 0.25) is 5.91 Å². The van der Waals surface area contributed by atoms with Crippen molar-refractivity contribution < 1.29 is 14.3 Å². The van der Waals surface area contributed by atoms with Gasteiger partial charge in [-0.2, -0.15) is 0 Å². The van der Waals surface area contributed by atoms with Crippen molar-refractivity contribution in [3.05, 3.63) is 30.1 Å². The normalized spacial score (nSPS) is 12.5. The highest BCUT2D eigenvalue weighted by molar-refractivity contribution is 5.90. The van der Waals surface area contributed by atoms with Gasteiger partial charge in [-0.25, -0.2) is 4.39 Å². The summed E-state index contributed by atoms with van der Waals surface area (Å²) in [6, 6.07) is 6.06. The minimum absolute atomic E-state index is 0.00580. The maximum Gasteiger partial charge on any atom is 0.225 e. The number of aliphatic hydroxyl groups excluding tert-OH is 1. The summed E-state index contributed by atoms with van der Waals surface area (Å²) in [5.41, 5.74) is 0.195. The molecule has 18 heavy (non-hydrogen) atoms. The lowest BCUT2D eigenvalue weighted by atomic mass is 10.2. The van der Waals surface area contributed by atoms with E-state index in [4.69, 9.17) is 5.11 Å². The summed E-state index contributed by atoms with van der Waals surface area (Å²) in [5, 5.41) is 11.5. The number of aliphatic hydroxyl groups is 1. The van der Waals surface area contributed by atoms with Crippen LogP contribution in [0.15, 0.2) is 24.3 Å². The maximum atomic E-state index is 13.3. The van der Waals surface area contributed by atoms with Gasteiger partial charge in [0.1, 0.15) is 5.82 Å². The Morgan fingerprint density at radius 1 is 1.50 bits per heavy atom. The molecule has 1 atom stereocenters. The van der Waals surface area contributed by atoms with Crippen molar-refractivity contribution in [1.82, 2.24) is 4.90 Å². The average Bonchev–Trinajstić information content (AvgIpc) is 2.37. The Morgan fingerprint density at radius 3 is 2.78 bits per heavy atom. The third-order valence-corrected chi connectivity index (χ3v) is 2.86. The first-order valence-corrected chi connectivity index (χ1v) is 5.90. The van der Waals surface area contributed by atoms with Crippen LogP contribution in [-0.2, 0) is 4.79 Å². The third-order valence-electron chi connectivity index (χ3n) is 2.86. The van der Waals surface area contributed by atoms with Gasteiger partial charge in [-0.05, 0) is 26.1 Å². The highest BCUT2D eigenvalue weighted by Crippen LogP contribution is 2.12. The molecule has 0 radical (unpaired) electrons. The molecule has 0 aromatic heterocycles. The zero-order valence-corrected chi connectivity index (χ0v) is 10.7. The highest BCUT2D eigenvalue weighted by Gasteiger charge is 2.11. The van der Waals surface area contributed by atoms with E-state index >= 15 is 0 Å². The average molecular weight is 254 g/mol. The molecule has 1 aromatic rings. The number of likely N-dealkylation sites (N-methyl/N-ethyl adjacent to an activating group) is 1. The van der Waals surface area contributed by atoms with Gasteiger partial charge in [-0.15, -0.1) is 0 Å². The molecule has 1 unspecified atom stereocenters. The molecule has 0 saturated carbocycles. The minimum atomic E-state index is -0.442. The largest absolute Gasteiger partial charge is 0.395 e. The fourth-order valence-electron chi connectivity index (χ4n) is 1.41. The molecule has 0 saturated heterocycles. The summed E-state index contributed by atoms with van der Waals surface area (Å²) in [7, 11) is 1.83. The summed E-state index contributed by atoms with van der Waals surface area (Å²) in [4.78, 5) is 13.5. The predicted octanol–water partition coefficient (Wildman–Crippen LogP) is 1.47. The lowest BCUT2D eigenvalue weighted by Gasteiger charge is -2.22. The van der Waals surface area contributed by atoms with Crippen molar-refractivity contribution in [3.63, 3.8) is 0 Å². The second-order valence-electron chi connectivity index (χ2n) is 4.29. The van der Waals surface area contributed by atoms with E-state index < -0.39 is 5.82 Å². The fraction of sp³-hybridized carbons (Fsp3) is 0.462. The maximum absolute atomic E-state index is 13.3. The molecule has 0 aliphatic carbocycles. The zero-order valence-electron chi connectivity index (χ0n) is 10.7. The van der Waals surface area contributed by atoms with Crippen LogP contribution in [0.2, 0.25) is 0 Å².